The Hall–Kier alpha value is -2.08. The second-order valence-corrected chi connectivity index (χ2v) is 8.15. The van der Waals surface area contributed by atoms with Gasteiger partial charge in [0.15, 0.2) is 0 Å². The van der Waals surface area contributed by atoms with Gasteiger partial charge in [-0.15, -0.1) is 0 Å². The number of hydrogen-bond donors (Lipinski definition) is 1. The first-order valence-corrected chi connectivity index (χ1v) is 10.2. The van der Waals surface area contributed by atoms with E-state index in [4.69, 9.17) is 0 Å². The lowest BCUT2D eigenvalue weighted by molar-refractivity contribution is -0.127. The number of fused-ring (bicyclic) bond motifs is 1. The first-order chi connectivity index (χ1) is 13.1. The highest BCUT2D eigenvalue weighted by molar-refractivity contribution is 5.82. The van der Waals surface area contributed by atoms with Crippen LogP contribution in [0.4, 0.5) is 4.79 Å². The van der Waals surface area contributed by atoms with E-state index in [9.17, 15) is 9.59 Å². The number of carbonyl (C=O) groups excluding carboxylic acids is 2. The van der Waals surface area contributed by atoms with Crippen molar-refractivity contribution in [2.75, 3.05) is 33.2 Å². The summed E-state index contributed by atoms with van der Waals surface area (Å²) >= 11 is 0. The van der Waals surface area contributed by atoms with Crippen LogP contribution in [0.3, 0.4) is 0 Å². The smallest absolute Gasteiger partial charge is 0.319 e. The second kappa shape index (κ2) is 7.89. The number of rotatable bonds is 2. The van der Waals surface area contributed by atoms with E-state index in [-0.39, 0.29) is 24.0 Å². The number of piperidine rings is 1. The van der Waals surface area contributed by atoms with Crippen LogP contribution in [-0.2, 0) is 17.8 Å². The molecule has 6 heteroatoms. The van der Waals surface area contributed by atoms with Crippen molar-refractivity contribution < 1.29 is 9.59 Å². The van der Waals surface area contributed by atoms with Crippen LogP contribution < -0.4 is 5.32 Å². The lowest BCUT2D eigenvalue weighted by Gasteiger charge is -2.37. The summed E-state index contributed by atoms with van der Waals surface area (Å²) in [4.78, 5) is 31.4. The summed E-state index contributed by atoms with van der Waals surface area (Å²) in [6.07, 6.45) is 4.70. The molecule has 0 bridgehead atoms. The zero-order valence-corrected chi connectivity index (χ0v) is 16.2. The maximum atomic E-state index is 12.9. The van der Waals surface area contributed by atoms with Gasteiger partial charge in [-0.1, -0.05) is 24.3 Å². The molecule has 1 atom stereocenters. The zero-order valence-electron chi connectivity index (χ0n) is 16.2. The van der Waals surface area contributed by atoms with Crippen LogP contribution in [0, 0.1) is 0 Å². The first kappa shape index (κ1) is 18.3. The Kier molecular flexibility index (Phi) is 5.34. The van der Waals surface area contributed by atoms with E-state index >= 15 is 0 Å². The molecule has 146 valence electrons. The van der Waals surface area contributed by atoms with E-state index in [1.54, 1.807) is 0 Å². The predicted octanol–water partition coefficient (Wildman–Crippen LogP) is 1.84. The molecule has 3 aliphatic rings. The van der Waals surface area contributed by atoms with Crippen molar-refractivity contribution in [2.45, 2.75) is 50.7 Å². The molecule has 1 aromatic rings. The van der Waals surface area contributed by atoms with Gasteiger partial charge in [0.1, 0.15) is 0 Å². The third-order valence-corrected chi connectivity index (χ3v) is 6.27. The van der Waals surface area contributed by atoms with Crippen LogP contribution in [0.15, 0.2) is 24.3 Å². The topological polar surface area (TPSA) is 55.9 Å². The fraction of sp³-hybridized carbons (Fsp3) is 0.619. The van der Waals surface area contributed by atoms with Gasteiger partial charge in [-0.25, -0.2) is 4.79 Å². The van der Waals surface area contributed by atoms with E-state index < -0.39 is 0 Å². The average molecular weight is 370 g/mol. The average Bonchev–Trinajstić information content (AvgIpc) is 3.22. The van der Waals surface area contributed by atoms with Crippen molar-refractivity contribution in [3.8, 4) is 0 Å². The Morgan fingerprint density at radius 3 is 2.30 bits per heavy atom. The van der Waals surface area contributed by atoms with Crippen molar-refractivity contribution in [1.82, 2.24) is 20.0 Å². The van der Waals surface area contributed by atoms with Gasteiger partial charge in [0.2, 0.25) is 5.91 Å². The fourth-order valence-electron chi connectivity index (χ4n) is 4.57. The highest BCUT2D eigenvalue weighted by Gasteiger charge is 2.32. The number of likely N-dealkylation sites (tertiary alicyclic amines) is 2. The first-order valence-electron chi connectivity index (χ1n) is 10.2. The van der Waals surface area contributed by atoms with Crippen LogP contribution in [0.5, 0.6) is 0 Å². The molecule has 3 aliphatic heterocycles. The van der Waals surface area contributed by atoms with E-state index in [2.05, 4.69) is 28.4 Å². The van der Waals surface area contributed by atoms with Gasteiger partial charge in [-0.05, 0) is 50.3 Å². The molecule has 3 amide bonds. The van der Waals surface area contributed by atoms with Crippen molar-refractivity contribution in [3.05, 3.63) is 35.4 Å². The highest BCUT2D eigenvalue weighted by Crippen LogP contribution is 2.23. The van der Waals surface area contributed by atoms with Crippen LogP contribution in [-0.4, -0.2) is 71.9 Å². The summed E-state index contributed by atoms with van der Waals surface area (Å²) in [5.74, 6) is 0.122. The standard InChI is InChI=1S/C21H30N4O2/c1-23-15-17-7-3-2-6-16(17)14-19(23)20(26)22-18-8-12-25(13-9-18)21(27)24-10-4-5-11-24/h2-3,6-7,18-19H,4-5,8-15H2,1H3,(H,22,26)/t19-/m1/s1. The van der Waals surface area contributed by atoms with Gasteiger partial charge in [-0.2, -0.15) is 0 Å². The lowest BCUT2D eigenvalue weighted by atomic mass is 9.93. The molecule has 2 saturated heterocycles. The van der Waals surface area contributed by atoms with Gasteiger partial charge in [0, 0.05) is 38.8 Å². The predicted molar refractivity (Wildman–Crippen MR) is 104 cm³/mol. The van der Waals surface area contributed by atoms with Gasteiger partial charge >= 0.3 is 6.03 Å². The summed E-state index contributed by atoms with van der Waals surface area (Å²) in [6, 6.07) is 8.63. The minimum Gasteiger partial charge on any atom is -0.352 e. The van der Waals surface area contributed by atoms with Crippen molar-refractivity contribution in [2.24, 2.45) is 0 Å². The molecule has 0 unspecified atom stereocenters. The third kappa shape index (κ3) is 3.95. The second-order valence-electron chi connectivity index (χ2n) is 8.15. The van der Waals surface area contributed by atoms with Crippen molar-refractivity contribution >= 4 is 11.9 Å². The quantitative estimate of drug-likeness (QED) is 0.864. The van der Waals surface area contributed by atoms with Crippen LogP contribution in [0.25, 0.3) is 0 Å². The molecule has 0 saturated carbocycles. The maximum absolute atomic E-state index is 12.9. The monoisotopic (exact) mass is 370 g/mol. The number of nitrogens with one attached hydrogen (secondary N) is 1. The molecule has 0 aliphatic carbocycles. The number of urea groups is 1. The molecule has 2 fully saturated rings. The molecular weight excluding hydrogens is 340 g/mol. The van der Waals surface area contributed by atoms with Gasteiger partial charge < -0.3 is 15.1 Å². The lowest BCUT2D eigenvalue weighted by Crippen LogP contribution is -2.54. The number of likely N-dealkylation sites (N-methyl/N-ethyl adjacent to an activating group) is 1. The molecule has 3 heterocycles. The Morgan fingerprint density at radius 1 is 0.963 bits per heavy atom. The van der Waals surface area contributed by atoms with E-state index in [0.717, 1.165) is 64.8 Å². The largest absolute Gasteiger partial charge is 0.352 e. The highest BCUT2D eigenvalue weighted by atomic mass is 16.2. The van der Waals surface area contributed by atoms with Crippen molar-refractivity contribution in [1.29, 1.82) is 0 Å². The summed E-state index contributed by atoms with van der Waals surface area (Å²) in [6.45, 7) is 4.08. The van der Waals surface area contributed by atoms with Gasteiger partial charge in [0.05, 0.1) is 6.04 Å². The molecule has 6 nitrogen and oxygen atoms in total. The van der Waals surface area contributed by atoms with E-state index in [1.165, 1.54) is 11.1 Å². The molecule has 4 rings (SSSR count). The molecule has 0 radical (unpaired) electrons. The molecule has 1 aromatic carbocycles. The number of nitrogens with zero attached hydrogens (tertiary/aromatic N) is 3. The van der Waals surface area contributed by atoms with Crippen LogP contribution >= 0.6 is 0 Å². The van der Waals surface area contributed by atoms with Gasteiger partial charge in [-0.3, -0.25) is 9.69 Å². The Balaban J connectivity index is 1.29. The Labute approximate surface area is 161 Å². The van der Waals surface area contributed by atoms with E-state index in [1.807, 2.05) is 22.9 Å². The SMILES string of the molecule is CN1Cc2ccccc2C[C@@H]1C(=O)NC1CCN(C(=O)N2CCCC2)CC1. The van der Waals surface area contributed by atoms with E-state index in [0.29, 0.717) is 0 Å². The fourth-order valence-corrected chi connectivity index (χ4v) is 4.57. The Morgan fingerprint density at radius 2 is 1.59 bits per heavy atom. The number of benzene rings is 1. The van der Waals surface area contributed by atoms with Crippen LogP contribution in [0.2, 0.25) is 0 Å². The molecule has 27 heavy (non-hydrogen) atoms. The van der Waals surface area contributed by atoms with Crippen molar-refractivity contribution in [3.63, 3.8) is 0 Å². The Bertz CT molecular complexity index is 693. The summed E-state index contributed by atoms with van der Waals surface area (Å²) in [7, 11) is 2.03. The third-order valence-electron chi connectivity index (χ3n) is 6.27. The molecule has 0 spiro atoms. The molecular formula is C21H30N4O2. The van der Waals surface area contributed by atoms with Crippen LogP contribution in [0.1, 0.15) is 36.8 Å². The normalized spacial score (nSPS) is 24.0. The summed E-state index contributed by atoms with van der Waals surface area (Å²) < 4.78 is 0. The summed E-state index contributed by atoms with van der Waals surface area (Å²) in [5, 5.41) is 3.25. The number of carbonyl (C=O) groups is 2. The number of amides is 3. The zero-order chi connectivity index (χ0) is 18.8. The maximum Gasteiger partial charge on any atom is 0.319 e. The number of hydrogen-bond acceptors (Lipinski definition) is 3. The minimum absolute atomic E-state index is 0.107. The molecule has 0 aromatic heterocycles. The minimum atomic E-state index is -0.107. The van der Waals surface area contributed by atoms with Gasteiger partial charge in [0.25, 0.3) is 0 Å². The molecule has 1 N–H and O–H groups in total. The summed E-state index contributed by atoms with van der Waals surface area (Å²) in [5.41, 5.74) is 2.60.